The van der Waals surface area contributed by atoms with Crippen molar-refractivity contribution in [2.75, 3.05) is 31.6 Å². The summed E-state index contributed by atoms with van der Waals surface area (Å²) in [6.45, 7) is 9.83. The van der Waals surface area contributed by atoms with Crippen LogP contribution < -0.4 is 5.32 Å². The molecule has 27 heavy (non-hydrogen) atoms. The van der Waals surface area contributed by atoms with Crippen molar-refractivity contribution < 1.29 is 17.9 Å². The number of carbonyl (C=O) groups excluding carboxylic acids is 1. The average molecular weight is 393 g/mol. The van der Waals surface area contributed by atoms with Gasteiger partial charge in [0.15, 0.2) is 0 Å². The highest BCUT2D eigenvalue weighted by Crippen LogP contribution is 2.59. The average Bonchev–Trinajstić information content (AvgIpc) is 3.15. The monoisotopic (exact) mass is 392 g/mol. The Hall–Kier alpha value is -1.70. The van der Waals surface area contributed by atoms with E-state index in [1.165, 1.54) is 9.88 Å². The lowest BCUT2D eigenvalue weighted by molar-refractivity contribution is -0.118. The van der Waals surface area contributed by atoms with Crippen LogP contribution in [0.1, 0.15) is 27.7 Å². The van der Waals surface area contributed by atoms with E-state index in [0.29, 0.717) is 32.0 Å². The zero-order chi connectivity index (χ0) is 19.8. The van der Waals surface area contributed by atoms with Crippen LogP contribution in [-0.2, 0) is 19.6 Å². The Balaban J connectivity index is 1.68. The van der Waals surface area contributed by atoms with Crippen molar-refractivity contribution in [2.24, 2.45) is 17.3 Å². The number of ether oxygens (including phenoxy) is 1. The van der Waals surface area contributed by atoms with Crippen LogP contribution in [0.4, 0.5) is 5.69 Å². The van der Waals surface area contributed by atoms with E-state index >= 15 is 0 Å². The lowest BCUT2D eigenvalue weighted by Crippen LogP contribution is -2.40. The Bertz CT molecular complexity index is 833. The molecule has 2 fully saturated rings. The normalized spacial score (nSPS) is 24.9. The number of benzene rings is 1. The smallest absolute Gasteiger partial charge is 0.243 e. The van der Waals surface area contributed by atoms with Gasteiger partial charge in [-0.05, 0) is 49.4 Å². The first kappa shape index (κ1) is 20.0. The fraction of sp³-hybridized carbons (Fsp3) is 0.550. The van der Waals surface area contributed by atoms with Crippen LogP contribution in [0, 0.1) is 17.3 Å². The number of hydrogen-bond acceptors (Lipinski definition) is 4. The predicted molar refractivity (Wildman–Crippen MR) is 105 cm³/mol. The molecule has 1 aliphatic carbocycles. The molecule has 3 rings (SSSR count). The van der Waals surface area contributed by atoms with Gasteiger partial charge in [0, 0.05) is 18.8 Å². The third-order valence-electron chi connectivity index (χ3n) is 5.44. The largest absolute Gasteiger partial charge is 0.379 e. The summed E-state index contributed by atoms with van der Waals surface area (Å²) in [7, 11) is -3.52. The molecule has 1 amide bonds. The lowest BCUT2D eigenvalue weighted by atomic mass is 10.1. The molecule has 148 valence electrons. The molecule has 1 aliphatic heterocycles. The number of hydrogen-bond donors (Lipinski definition) is 1. The third-order valence-corrected chi connectivity index (χ3v) is 7.35. The molecule has 6 nitrogen and oxygen atoms in total. The Kier molecular flexibility index (Phi) is 5.47. The number of morpholine rings is 1. The second kappa shape index (κ2) is 7.37. The fourth-order valence-corrected chi connectivity index (χ4v) is 5.12. The van der Waals surface area contributed by atoms with Crippen LogP contribution in [-0.4, -0.2) is 44.9 Å². The van der Waals surface area contributed by atoms with E-state index in [0.717, 1.165) is 0 Å². The Morgan fingerprint density at radius 1 is 1.19 bits per heavy atom. The van der Waals surface area contributed by atoms with Crippen LogP contribution in [0.15, 0.2) is 40.8 Å². The first-order valence-corrected chi connectivity index (χ1v) is 10.7. The number of anilines is 1. The van der Waals surface area contributed by atoms with Crippen molar-refractivity contribution in [2.45, 2.75) is 32.6 Å². The number of nitrogens with zero attached hydrogens (tertiary/aromatic N) is 1. The summed E-state index contributed by atoms with van der Waals surface area (Å²) in [6.07, 6.45) is 2.16. The molecule has 1 aromatic rings. The quantitative estimate of drug-likeness (QED) is 0.782. The number of sulfonamides is 1. The van der Waals surface area contributed by atoms with E-state index < -0.39 is 10.0 Å². The first-order chi connectivity index (χ1) is 12.6. The van der Waals surface area contributed by atoms with E-state index in [4.69, 9.17) is 4.74 Å². The molecular weight excluding hydrogens is 364 g/mol. The van der Waals surface area contributed by atoms with Gasteiger partial charge in [0.25, 0.3) is 0 Å². The van der Waals surface area contributed by atoms with Gasteiger partial charge in [0.2, 0.25) is 15.9 Å². The van der Waals surface area contributed by atoms with Gasteiger partial charge in [-0.25, -0.2) is 8.42 Å². The molecule has 0 bridgehead atoms. The molecule has 2 aliphatic rings. The molecular formula is C20H28N2O4S. The number of rotatable bonds is 5. The summed E-state index contributed by atoms with van der Waals surface area (Å²) in [5, 5.41) is 2.92. The second-order valence-electron chi connectivity index (χ2n) is 8.10. The first-order valence-electron chi connectivity index (χ1n) is 9.28. The number of nitrogens with one attached hydrogen (secondary N) is 1. The van der Waals surface area contributed by atoms with Crippen molar-refractivity contribution in [1.82, 2.24) is 4.31 Å². The van der Waals surface area contributed by atoms with Gasteiger partial charge < -0.3 is 10.1 Å². The van der Waals surface area contributed by atoms with Gasteiger partial charge in [-0.2, -0.15) is 4.31 Å². The standard InChI is InChI=1S/C20H28N2O4S/c1-14(2)13-17-18(20(17,3)4)19(23)21-15-5-7-16(8-6-15)27(24,25)22-9-11-26-12-10-22/h5-8,13,17-18H,9-12H2,1-4H3,(H,21,23)/t17-,18-/m0/s1. The van der Waals surface area contributed by atoms with Gasteiger partial charge in [0.05, 0.1) is 24.0 Å². The van der Waals surface area contributed by atoms with Crippen molar-refractivity contribution in [1.29, 1.82) is 0 Å². The maximum atomic E-state index is 12.6. The van der Waals surface area contributed by atoms with Crippen molar-refractivity contribution in [3.05, 3.63) is 35.9 Å². The summed E-state index contributed by atoms with van der Waals surface area (Å²) >= 11 is 0. The zero-order valence-electron chi connectivity index (χ0n) is 16.4. The van der Waals surface area contributed by atoms with Crippen LogP contribution in [0.5, 0.6) is 0 Å². The molecule has 0 unspecified atom stereocenters. The van der Waals surface area contributed by atoms with Crippen molar-refractivity contribution in [3.8, 4) is 0 Å². The summed E-state index contributed by atoms with van der Waals surface area (Å²) in [5.74, 6) is 0.152. The van der Waals surface area contributed by atoms with Crippen LogP contribution in [0.25, 0.3) is 0 Å². The van der Waals surface area contributed by atoms with Crippen LogP contribution in [0.2, 0.25) is 0 Å². The molecule has 0 radical (unpaired) electrons. The highest BCUT2D eigenvalue weighted by molar-refractivity contribution is 7.89. The predicted octanol–water partition coefficient (Wildman–Crippen LogP) is 2.88. The van der Waals surface area contributed by atoms with E-state index in [2.05, 4.69) is 25.2 Å². The van der Waals surface area contributed by atoms with Gasteiger partial charge in [-0.1, -0.05) is 25.5 Å². The maximum Gasteiger partial charge on any atom is 0.243 e. The van der Waals surface area contributed by atoms with Crippen LogP contribution in [0.3, 0.4) is 0 Å². The lowest BCUT2D eigenvalue weighted by Gasteiger charge is -2.26. The SMILES string of the molecule is CC(C)=C[C@H]1[C@@H](C(=O)Nc2ccc(S(=O)(=O)N3CCOCC3)cc2)C1(C)C. The summed E-state index contributed by atoms with van der Waals surface area (Å²) in [4.78, 5) is 12.9. The van der Waals surface area contributed by atoms with E-state index in [1.807, 2.05) is 13.8 Å². The molecule has 0 aromatic heterocycles. The van der Waals surface area contributed by atoms with Crippen molar-refractivity contribution >= 4 is 21.6 Å². The number of amides is 1. The molecule has 1 saturated heterocycles. The van der Waals surface area contributed by atoms with Gasteiger partial charge in [0.1, 0.15) is 0 Å². The zero-order valence-corrected chi connectivity index (χ0v) is 17.2. The van der Waals surface area contributed by atoms with E-state index in [1.54, 1.807) is 24.3 Å². The molecule has 7 heteroatoms. The topological polar surface area (TPSA) is 75.7 Å². The second-order valence-corrected chi connectivity index (χ2v) is 10.0. The molecule has 1 N–H and O–H groups in total. The third kappa shape index (κ3) is 4.10. The maximum absolute atomic E-state index is 12.6. The minimum Gasteiger partial charge on any atom is -0.379 e. The van der Waals surface area contributed by atoms with E-state index in [-0.39, 0.29) is 28.1 Å². The molecule has 1 saturated carbocycles. The summed E-state index contributed by atoms with van der Waals surface area (Å²) in [6, 6.07) is 6.39. The molecule has 2 atom stereocenters. The Labute approximate surface area is 161 Å². The van der Waals surface area contributed by atoms with Gasteiger partial charge in [-0.15, -0.1) is 0 Å². The van der Waals surface area contributed by atoms with Crippen LogP contribution >= 0.6 is 0 Å². The summed E-state index contributed by atoms with van der Waals surface area (Å²) in [5.41, 5.74) is 1.77. The molecule has 1 aromatic carbocycles. The molecule has 0 spiro atoms. The fourth-order valence-electron chi connectivity index (χ4n) is 3.71. The number of carbonyl (C=O) groups is 1. The highest BCUT2D eigenvalue weighted by Gasteiger charge is 2.60. The Morgan fingerprint density at radius 2 is 1.78 bits per heavy atom. The number of allylic oxidation sites excluding steroid dienone is 2. The minimum atomic E-state index is -3.52. The van der Waals surface area contributed by atoms with Gasteiger partial charge >= 0.3 is 0 Å². The summed E-state index contributed by atoms with van der Waals surface area (Å²) < 4.78 is 31.9. The Morgan fingerprint density at radius 3 is 2.33 bits per heavy atom. The minimum absolute atomic E-state index is 0.0220. The highest BCUT2D eigenvalue weighted by atomic mass is 32.2. The van der Waals surface area contributed by atoms with Gasteiger partial charge in [-0.3, -0.25) is 4.79 Å². The molecule has 1 heterocycles. The van der Waals surface area contributed by atoms with Crippen molar-refractivity contribution in [3.63, 3.8) is 0 Å². The van der Waals surface area contributed by atoms with E-state index in [9.17, 15) is 13.2 Å².